The highest BCUT2D eigenvalue weighted by molar-refractivity contribution is 5.89. The van der Waals surface area contributed by atoms with Gasteiger partial charge in [-0.15, -0.1) is 0 Å². The molecule has 0 unspecified atom stereocenters. The minimum Gasteiger partial charge on any atom is -0.326 e. The average Bonchev–Trinajstić information content (AvgIpc) is 2.77. The van der Waals surface area contributed by atoms with Gasteiger partial charge in [0.05, 0.1) is 0 Å². The summed E-state index contributed by atoms with van der Waals surface area (Å²) < 4.78 is 0. The molecule has 0 spiro atoms. The average molecular weight is 395 g/mol. The van der Waals surface area contributed by atoms with Crippen LogP contribution in [0.2, 0.25) is 0 Å². The van der Waals surface area contributed by atoms with Gasteiger partial charge in [0.1, 0.15) is 0 Å². The van der Waals surface area contributed by atoms with Crippen LogP contribution in [0.1, 0.15) is 31.0 Å². The third-order valence-corrected chi connectivity index (χ3v) is 5.35. The van der Waals surface area contributed by atoms with E-state index in [1.807, 2.05) is 18.2 Å². The molecule has 3 nitrogen and oxygen atoms in total. The molecule has 0 fully saturated rings. The summed E-state index contributed by atoms with van der Waals surface area (Å²) >= 11 is 0. The summed E-state index contributed by atoms with van der Waals surface area (Å²) in [5.74, 6) is -0.0625. The van der Waals surface area contributed by atoms with E-state index in [2.05, 4.69) is 90.4 Å². The van der Waals surface area contributed by atoms with Gasteiger partial charge >= 0.3 is 0 Å². The molecule has 0 heterocycles. The molecule has 0 radical (unpaired) electrons. The van der Waals surface area contributed by atoms with E-state index in [0.29, 0.717) is 0 Å². The van der Waals surface area contributed by atoms with Crippen LogP contribution in [-0.2, 0) is 11.3 Å². The molecule has 2 N–H and O–H groups in total. The molecular weight excluding hydrogens is 368 g/mol. The smallest absolute Gasteiger partial charge is 0.221 e. The van der Waals surface area contributed by atoms with Crippen LogP contribution in [0.4, 0.5) is 5.69 Å². The second-order valence-corrected chi connectivity index (χ2v) is 7.63. The molecule has 0 aliphatic rings. The Kier molecular flexibility index (Phi) is 5.92. The number of carbonyl (C=O) groups is 1. The molecular formula is C27H26N2O. The molecule has 1 amide bonds. The first kappa shape index (κ1) is 19.9. The van der Waals surface area contributed by atoms with Crippen molar-refractivity contribution in [3.8, 4) is 11.1 Å². The van der Waals surface area contributed by atoms with E-state index in [1.54, 1.807) is 0 Å². The van der Waals surface area contributed by atoms with Crippen LogP contribution in [0.25, 0.3) is 21.9 Å². The minimum atomic E-state index is -0.0625. The molecule has 4 aromatic rings. The molecule has 3 heteroatoms. The minimum absolute atomic E-state index is 0.0625. The maximum atomic E-state index is 11.3. The molecule has 150 valence electrons. The van der Waals surface area contributed by atoms with Crippen LogP contribution in [0.15, 0.2) is 91.0 Å². The SMILES string of the molecule is CC(=O)Nc1cccc(-c2cccc(CN[C@H](C)c3cccc4ccccc34)c2)c1. The van der Waals surface area contributed by atoms with Gasteiger partial charge < -0.3 is 10.6 Å². The van der Waals surface area contributed by atoms with Crippen LogP contribution >= 0.6 is 0 Å². The number of nitrogens with one attached hydrogen (secondary N) is 2. The molecule has 0 bridgehead atoms. The Morgan fingerprint density at radius 1 is 0.833 bits per heavy atom. The highest BCUT2D eigenvalue weighted by Crippen LogP contribution is 2.26. The number of amides is 1. The summed E-state index contributed by atoms with van der Waals surface area (Å²) in [4.78, 5) is 11.3. The van der Waals surface area contributed by atoms with Crippen LogP contribution in [0.3, 0.4) is 0 Å². The van der Waals surface area contributed by atoms with Gasteiger partial charge in [-0.3, -0.25) is 4.79 Å². The van der Waals surface area contributed by atoms with Gasteiger partial charge in [0.2, 0.25) is 5.91 Å². The molecule has 4 aromatic carbocycles. The number of anilines is 1. The van der Waals surface area contributed by atoms with Gasteiger partial charge in [-0.2, -0.15) is 0 Å². The quantitative estimate of drug-likeness (QED) is 0.402. The summed E-state index contributed by atoms with van der Waals surface area (Å²) in [6, 6.07) is 31.7. The van der Waals surface area contributed by atoms with E-state index >= 15 is 0 Å². The Hall–Kier alpha value is -3.43. The standard InChI is InChI=1S/C27H26N2O/c1-19(26-15-7-10-22-9-3-4-14-27(22)26)28-18-21-8-5-11-23(16-21)24-12-6-13-25(17-24)29-20(2)30/h3-17,19,28H,18H2,1-2H3,(H,29,30)/t19-/m1/s1. The summed E-state index contributed by atoms with van der Waals surface area (Å²) in [5.41, 5.74) is 5.58. The van der Waals surface area contributed by atoms with Gasteiger partial charge in [0, 0.05) is 25.2 Å². The van der Waals surface area contributed by atoms with E-state index in [-0.39, 0.29) is 11.9 Å². The first-order chi connectivity index (χ1) is 14.6. The van der Waals surface area contributed by atoms with Crippen molar-refractivity contribution >= 4 is 22.4 Å². The Bertz CT molecular complexity index is 1180. The fourth-order valence-electron chi connectivity index (χ4n) is 3.85. The Labute approximate surface area is 177 Å². The first-order valence-electron chi connectivity index (χ1n) is 10.3. The van der Waals surface area contributed by atoms with Gasteiger partial charge in [-0.05, 0) is 58.1 Å². The second-order valence-electron chi connectivity index (χ2n) is 7.63. The van der Waals surface area contributed by atoms with Crippen molar-refractivity contribution < 1.29 is 4.79 Å². The van der Waals surface area contributed by atoms with Crippen molar-refractivity contribution in [1.29, 1.82) is 0 Å². The van der Waals surface area contributed by atoms with Crippen molar-refractivity contribution in [2.45, 2.75) is 26.4 Å². The Balaban J connectivity index is 1.50. The number of carbonyl (C=O) groups excluding carboxylic acids is 1. The Morgan fingerprint density at radius 2 is 1.53 bits per heavy atom. The van der Waals surface area contributed by atoms with Crippen LogP contribution in [0, 0.1) is 0 Å². The third kappa shape index (κ3) is 4.58. The second kappa shape index (κ2) is 8.93. The van der Waals surface area contributed by atoms with E-state index in [0.717, 1.165) is 23.4 Å². The number of hydrogen-bond acceptors (Lipinski definition) is 2. The molecule has 30 heavy (non-hydrogen) atoms. The maximum Gasteiger partial charge on any atom is 0.221 e. The lowest BCUT2D eigenvalue weighted by molar-refractivity contribution is -0.114. The topological polar surface area (TPSA) is 41.1 Å². The van der Waals surface area contributed by atoms with Crippen LogP contribution in [-0.4, -0.2) is 5.91 Å². The number of fused-ring (bicyclic) bond motifs is 1. The molecule has 0 saturated carbocycles. The zero-order valence-corrected chi connectivity index (χ0v) is 17.4. The van der Waals surface area contributed by atoms with Crippen molar-refractivity contribution in [1.82, 2.24) is 5.32 Å². The predicted octanol–water partition coefficient (Wildman–Crippen LogP) is 6.32. The summed E-state index contributed by atoms with van der Waals surface area (Å²) in [7, 11) is 0. The monoisotopic (exact) mass is 394 g/mol. The molecule has 4 rings (SSSR count). The van der Waals surface area contributed by atoms with Crippen molar-refractivity contribution in [3.05, 3.63) is 102 Å². The van der Waals surface area contributed by atoms with E-state index in [1.165, 1.54) is 28.8 Å². The van der Waals surface area contributed by atoms with E-state index < -0.39 is 0 Å². The number of hydrogen-bond donors (Lipinski definition) is 2. The summed E-state index contributed by atoms with van der Waals surface area (Å²) in [6.07, 6.45) is 0. The zero-order chi connectivity index (χ0) is 20.9. The van der Waals surface area contributed by atoms with Crippen molar-refractivity contribution in [3.63, 3.8) is 0 Å². The highest BCUT2D eigenvalue weighted by Gasteiger charge is 2.09. The van der Waals surface area contributed by atoms with Crippen LogP contribution in [0.5, 0.6) is 0 Å². The zero-order valence-electron chi connectivity index (χ0n) is 17.4. The largest absolute Gasteiger partial charge is 0.326 e. The van der Waals surface area contributed by atoms with Crippen molar-refractivity contribution in [2.75, 3.05) is 5.32 Å². The summed E-state index contributed by atoms with van der Waals surface area (Å²) in [6.45, 7) is 4.52. The van der Waals surface area contributed by atoms with Gasteiger partial charge in [0.25, 0.3) is 0 Å². The molecule has 0 saturated heterocycles. The van der Waals surface area contributed by atoms with Crippen LogP contribution < -0.4 is 10.6 Å². The Morgan fingerprint density at radius 3 is 2.37 bits per heavy atom. The number of benzene rings is 4. The van der Waals surface area contributed by atoms with Crippen molar-refractivity contribution in [2.24, 2.45) is 0 Å². The fourth-order valence-corrected chi connectivity index (χ4v) is 3.85. The summed E-state index contributed by atoms with van der Waals surface area (Å²) in [5, 5.41) is 9.08. The lowest BCUT2D eigenvalue weighted by atomic mass is 9.99. The fraction of sp³-hybridized carbons (Fsp3) is 0.148. The number of rotatable bonds is 6. The maximum absolute atomic E-state index is 11.3. The third-order valence-electron chi connectivity index (χ3n) is 5.35. The van der Waals surface area contributed by atoms with Gasteiger partial charge in [-0.25, -0.2) is 0 Å². The molecule has 0 aromatic heterocycles. The highest BCUT2D eigenvalue weighted by atomic mass is 16.1. The first-order valence-corrected chi connectivity index (χ1v) is 10.3. The lowest BCUT2D eigenvalue weighted by Gasteiger charge is -2.17. The predicted molar refractivity (Wildman–Crippen MR) is 125 cm³/mol. The van der Waals surface area contributed by atoms with E-state index in [4.69, 9.17) is 0 Å². The normalized spacial score (nSPS) is 11.9. The van der Waals surface area contributed by atoms with E-state index in [9.17, 15) is 4.79 Å². The molecule has 0 aliphatic heterocycles. The molecule has 0 aliphatic carbocycles. The van der Waals surface area contributed by atoms with Gasteiger partial charge in [-0.1, -0.05) is 72.8 Å². The molecule has 1 atom stereocenters. The van der Waals surface area contributed by atoms with Gasteiger partial charge in [0.15, 0.2) is 0 Å². The lowest BCUT2D eigenvalue weighted by Crippen LogP contribution is -2.18.